The first-order chi connectivity index (χ1) is 18.5. The lowest BCUT2D eigenvalue weighted by Crippen LogP contribution is -2.49. The molecule has 0 unspecified atom stereocenters. The van der Waals surface area contributed by atoms with Crippen LogP contribution in [0.2, 0.25) is 0 Å². The standard InChI is InChI=1S/C30H36N2O6S/c1-20-8-10-24(11-9-20)25-12-13-29-27(15-25)38-28(21(2)16-32(22(3)19-33)39(29,36)37)18-31(4)17-23-6-5-7-26(14-23)30(34)35/h5-15,21-22,28,33H,16-19H2,1-4H3,(H,34,35)/t21-,22+,28+/m1/s1. The Morgan fingerprint density at radius 2 is 1.79 bits per heavy atom. The third-order valence-corrected chi connectivity index (χ3v) is 9.19. The van der Waals surface area contributed by atoms with Crippen molar-refractivity contribution in [1.29, 1.82) is 0 Å². The van der Waals surface area contributed by atoms with Crippen molar-refractivity contribution < 1.29 is 28.2 Å². The lowest BCUT2D eigenvalue weighted by atomic mass is 10.0. The minimum absolute atomic E-state index is 0.0763. The number of nitrogens with zero attached hydrogens (tertiary/aromatic N) is 2. The van der Waals surface area contributed by atoms with Crippen LogP contribution in [0.5, 0.6) is 5.75 Å². The van der Waals surface area contributed by atoms with Gasteiger partial charge in [0, 0.05) is 31.6 Å². The minimum atomic E-state index is -3.93. The molecule has 9 heteroatoms. The second-order valence-corrected chi connectivity index (χ2v) is 12.3. The predicted molar refractivity (Wildman–Crippen MR) is 150 cm³/mol. The van der Waals surface area contributed by atoms with Gasteiger partial charge in [-0.25, -0.2) is 13.2 Å². The molecule has 3 atom stereocenters. The number of sulfonamides is 1. The van der Waals surface area contributed by atoms with Crippen molar-refractivity contribution in [3.8, 4) is 16.9 Å². The quantitative estimate of drug-likeness (QED) is 0.430. The van der Waals surface area contributed by atoms with Gasteiger partial charge in [0.2, 0.25) is 10.0 Å². The summed E-state index contributed by atoms with van der Waals surface area (Å²) >= 11 is 0. The molecule has 0 fully saturated rings. The molecular weight excluding hydrogens is 516 g/mol. The summed E-state index contributed by atoms with van der Waals surface area (Å²) in [6.45, 7) is 6.53. The summed E-state index contributed by atoms with van der Waals surface area (Å²) in [7, 11) is -2.00. The Morgan fingerprint density at radius 1 is 1.10 bits per heavy atom. The molecule has 3 aromatic carbocycles. The topological polar surface area (TPSA) is 107 Å². The van der Waals surface area contributed by atoms with E-state index in [0.717, 1.165) is 22.3 Å². The molecule has 0 aliphatic carbocycles. The summed E-state index contributed by atoms with van der Waals surface area (Å²) in [5.41, 5.74) is 4.01. The molecule has 0 saturated carbocycles. The van der Waals surface area contributed by atoms with Crippen molar-refractivity contribution in [3.05, 3.63) is 83.4 Å². The first kappa shape index (κ1) is 28.8. The van der Waals surface area contributed by atoms with Crippen LogP contribution in [0.25, 0.3) is 11.1 Å². The summed E-state index contributed by atoms with van der Waals surface area (Å²) in [6.07, 6.45) is -0.367. The molecule has 1 heterocycles. The molecule has 0 aromatic heterocycles. The average molecular weight is 553 g/mol. The number of carboxylic acid groups (broad SMARTS) is 1. The average Bonchev–Trinajstić information content (AvgIpc) is 2.90. The summed E-state index contributed by atoms with van der Waals surface area (Å²) in [5, 5.41) is 19.2. The zero-order valence-electron chi connectivity index (χ0n) is 22.7. The van der Waals surface area contributed by atoms with Crippen molar-refractivity contribution in [3.63, 3.8) is 0 Å². The predicted octanol–water partition coefficient (Wildman–Crippen LogP) is 4.26. The summed E-state index contributed by atoms with van der Waals surface area (Å²) in [6, 6.07) is 19.4. The maximum Gasteiger partial charge on any atom is 0.335 e. The number of hydrogen-bond acceptors (Lipinski definition) is 6. The number of carbonyl (C=O) groups is 1. The molecule has 8 nitrogen and oxygen atoms in total. The fourth-order valence-electron chi connectivity index (χ4n) is 4.86. The van der Waals surface area contributed by atoms with Crippen LogP contribution in [0, 0.1) is 12.8 Å². The first-order valence-corrected chi connectivity index (χ1v) is 14.4. The van der Waals surface area contributed by atoms with E-state index in [4.69, 9.17) is 4.74 Å². The Morgan fingerprint density at radius 3 is 2.46 bits per heavy atom. The van der Waals surface area contributed by atoms with Gasteiger partial charge in [0.1, 0.15) is 16.7 Å². The van der Waals surface area contributed by atoms with Crippen molar-refractivity contribution in [2.45, 2.75) is 44.4 Å². The summed E-state index contributed by atoms with van der Waals surface area (Å²) < 4.78 is 35.4. The van der Waals surface area contributed by atoms with Gasteiger partial charge in [-0.05, 0) is 61.9 Å². The fourth-order valence-corrected chi connectivity index (χ4v) is 6.68. The maximum absolute atomic E-state index is 13.7. The molecule has 4 rings (SSSR count). The van der Waals surface area contributed by atoms with Crippen molar-refractivity contribution in [1.82, 2.24) is 9.21 Å². The zero-order valence-corrected chi connectivity index (χ0v) is 23.6. The van der Waals surface area contributed by atoms with Crippen molar-refractivity contribution >= 4 is 16.0 Å². The molecule has 0 amide bonds. The monoisotopic (exact) mass is 552 g/mol. The van der Waals surface area contributed by atoms with E-state index in [1.807, 2.05) is 56.1 Å². The van der Waals surface area contributed by atoms with Gasteiger partial charge in [-0.1, -0.05) is 55.0 Å². The van der Waals surface area contributed by atoms with E-state index in [1.54, 1.807) is 43.3 Å². The Balaban J connectivity index is 1.69. The summed E-state index contributed by atoms with van der Waals surface area (Å²) in [4.78, 5) is 13.5. The molecule has 1 aliphatic rings. The third kappa shape index (κ3) is 6.50. The van der Waals surface area contributed by atoms with E-state index in [9.17, 15) is 23.4 Å². The van der Waals surface area contributed by atoms with E-state index < -0.39 is 22.0 Å². The third-order valence-electron chi connectivity index (χ3n) is 7.17. The number of likely N-dealkylation sites (N-methyl/N-ethyl adjacent to an activating group) is 1. The Kier molecular flexibility index (Phi) is 8.76. The SMILES string of the molecule is Cc1ccc(-c2ccc3c(c2)O[C@@H](CN(C)Cc2cccc(C(=O)O)c2)[C@H](C)CN([C@@H](C)CO)S3(=O)=O)cc1. The number of aromatic carboxylic acids is 1. The van der Waals surface area contributed by atoms with Gasteiger partial charge >= 0.3 is 5.97 Å². The van der Waals surface area contributed by atoms with E-state index >= 15 is 0 Å². The Hall–Kier alpha value is -3.24. The highest BCUT2D eigenvalue weighted by Gasteiger charge is 2.38. The van der Waals surface area contributed by atoms with Crippen LogP contribution < -0.4 is 4.74 Å². The number of aryl methyl sites for hydroxylation is 1. The van der Waals surface area contributed by atoms with E-state index in [-0.39, 0.29) is 41.4 Å². The largest absolute Gasteiger partial charge is 0.487 e. The molecule has 208 valence electrons. The molecular formula is C30H36N2O6S. The molecule has 1 aliphatic heterocycles. The van der Waals surface area contributed by atoms with Crippen LogP contribution in [0.4, 0.5) is 0 Å². The second-order valence-electron chi connectivity index (χ2n) is 10.5. The highest BCUT2D eigenvalue weighted by Crippen LogP contribution is 2.36. The van der Waals surface area contributed by atoms with Crippen LogP contribution in [-0.4, -0.2) is 72.7 Å². The van der Waals surface area contributed by atoms with Gasteiger partial charge in [-0.2, -0.15) is 4.31 Å². The number of aliphatic hydroxyl groups excluding tert-OH is 1. The van der Waals surface area contributed by atoms with E-state index in [2.05, 4.69) is 0 Å². The number of benzene rings is 3. The number of ether oxygens (including phenoxy) is 1. The maximum atomic E-state index is 13.7. The molecule has 0 saturated heterocycles. The van der Waals surface area contributed by atoms with Crippen LogP contribution >= 0.6 is 0 Å². The van der Waals surface area contributed by atoms with Gasteiger partial charge in [0.15, 0.2) is 0 Å². The Bertz CT molecular complexity index is 1420. The van der Waals surface area contributed by atoms with Gasteiger partial charge < -0.3 is 14.9 Å². The minimum Gasteiger partial charge on any atom is -0.487 e. The molecule has 39 heavy (non-hydrogen) atoms. The molecule has 2 N–H and O–H groups in total. The van der Waals surface area contributed by atoms with E-state index in [1.165, 1.54) is 4.31 Å². The van der Waals surface area contributed by atoms with Gasteiger partial charge in [0.25, 0.3) is 0 Å². The van der Waals surface area contributed by atoms with E-state index in [0.29, 0.717) is 13.1 Å². The van der Waals surface area contributed by atoms with Crippen LogP contribution in [0.15, 0.2) is 71.6 Å². The number of carboxylic acids is 1. The molecule has 0 radical (unpaired) electrons. The zero-order chi connectivity index (χ0) is 28.3. The van der Waals surface area contributed by atoms with Crippen LogP contribution in [-0.2, 0) is 16.6 Å². The molecule has 3 aromatic rings. The highest BCUT2D eigenvalue weighted by molar-refractivity contribution is 7.89. The first-order valence-electron chi connectivity index (χ1n) is 13.0. The number of hydrogen-bond donors (Lipinski definition) is 2. The van der Waals surface area contributed by atoms with Crippen molar-refractivity contribution in [2.75, 3.05) is 26.7 Å². The van der Waals surface area contributed by atoms with Crippen LogP contribution in [0.1, 0.15) is 35.3 Å². The Labute approximate surface area is 230 Å². The molecule has 0 bridgehead atoms. The smallest absolute Gasteiger partial charge is 0.335 e. The number of rotatable bonds is 8. The summed E-state index contributed by atoms with van der Waals surface area (Å²) in [5.74, 6) is -0.893. The van der Waals surface area contributed by atoms with Crippen molar-refractivity contribution in [2.24, 2.45) is 5.92 Å². The van der Waals surface area contributed by atoms with Gasteiger partial charge in [-0.15, -0.1) is 0 Å². The number of aliphatic hydroxyl groups is 1. The fraction of sp³-hybridized carbons (Fsp3) is 0.367. The van der Waals surface area contributed by atoms with Gasteiger partial charge in [-0.3, -0.25) is 4.90 Å². The van der Waals surface area contributed by atoms with Crippen LogP contribution in [0.3, 0.4) is 0 Å². The molecule has 0 spiro atoms. The normalized spacial score (nSPS) is 19.9. The second kappa shape index (κ2) is 11.9. The van der Waals surface area contributed by atoms with Gasteiger partial charge in [0.05, 0.1) is 12.2 Å². The highest BCUT2D eigenvalue weighted by atomic mass is 32.2. The lowest BCUT2D eigenvalue weighted by molar-refractivity contribution is 0.0694. The number of fused-ring (bicyclic) bond motifs is 1. The lowest BCUT2D eigenvalue weighted by Gasteiger charge is -2.37.